The van der Waals surface area contributed by atoms with Crippen LogP contribution in [0.1, 0.15) is 37.9 Å². The van der Waals surface area contributed by atoms with Crippen molar-refractivity contribution in [3.05, 3.63) is 22.7 Å². The molecule has 1 aromatic heterocycles. The minimum absolute atomic E-state index is 0.159. The highest BCUT2D eigenvalue weighted by molar-refractivity contribution is 6.28. The summed E-state index contributed by atoms with van der Waals surface area (Å²) in [5.41, 5.74) is 1.79. The fourth-order valence-electron chi connectivity index (χ4n) is 1.73. The quantitative estimate of drug-likeness (QED) is 0.777. The predicted octanol–water partition coefficient (Wildman–Crippen LogP) is 2.56. The van der Waals surface area contributed by atoms with Gasteiger partial charge in [0.2, 0.25) is 5.28 Å². The van der Waals surface area contributed by atoms with Crippen molar-refractivity contribution in [1.82, 2.24) is 9.97 Å². The third kappa shape index (κ3) is 2.94. The molecule has 2 rings (SSSR count). The van der Waals surface area contributed by atoms with E-state index in [9.17, 15) is 0 Å². The average molecular weight is 257 g/mol. The van der Waals surface area contributed by atoms with Crippen molar-refractivity contribution < 1.29 is 9.47 Å². The molecule has 0 unspecified atom stereocenters. The molecular weight excluding hydrogens is 240 g/mol. The van der Waals surface area contributed by atoms with Crippen LogP contribution in [0.3, 0.4) is 0 Å². The summed E-state index contributed by atoms with van der Waals surface area (Å²) in [5, 5.41) is 0.288. The van der Waals surface area contributed by atoms with Gasteiger partial charge < -0.3 is 9.47 Å². The lowest BCUT2D eigenvalue weighted by Gasteiger charge is -2.37. The first-order valence-corrected chi connectivity index (χ1v) is 6.11. The average Bonchev–Trinajstić information content (AvgIpc) is 2.24. The van der Waals surface area contributed by atoms with Crippen molar-refractivity contribution in [1.29, 1.82) is 0 Å². The molecule has 0 atom stereocenters. The summed E-state index contributed by atoms with van der Waals surface area (Å²) in [4.78, 5) is 8.27. The number of nitrogens with zero attached hydrogens (tertiary/aromatic N) is 2. The first-order valence-electron chi connectivity index (χ1n) is 5.73. The summed E-state index contributed by atoms with van der Waals surface area (Å²) in [6.45, 7) is 8.01. The van der Waals surface area contributed by atoms with Crippen LogP contribution in [-0.2, 0) is 16.1 Å². The highest BCUT2D eigenvalue weighted by Gasteiger charge is 2.34. The Bertz CT molecular complexity index is 405. The third-order valence-electron chi connectivity index (χ3n) is 2.81. The molecule has 1 aliphatic rings. The van der Waals surface area contributed by atoms with Gasteiger partial charge in [-0.2, -0.15) is 0 Å². The monoisotopic (exact) mass is 256 g/mol. The van der Waals surface area contributed by atoms with Crippen LogP contribution >= 0.6 is 11.6 Å². The van der Waals surface area contributed by atoms with Gasteiger partial charge in [0.25, 0.3) is 0 Å². The lowest BCUT2D eigenvalue weighted by molar-refractivity contribution is -0.204. The molecule has 2 heterocycles. The van der Waals surface area contributed by atoms with Crippen molar-refractivity contribution in [3.63, 3.8) is 0 Å². The van der Waals surface area contributed by atoms with Crippen molar-refractivity contribution in [2.45, 2.75) is 38.9 Å². The minimum Gasteiger partial charge on any atom is -0.375 e. The van der Waals surface area contributed by atoms with Crippen LogP contribution < -0.4 is 0 Å². The number of halogens is 1. The van der Waals surface area contributed by atoms with Gasteiger partial charge in [-0.15, -0.1) is 0 Å². The number of ether oxygens (including phenoxy) is 2. The van der Waals surface area contributed by atoms with Crippen molar-refractivity contribution in [3.8, 4) is 0 Å². The summed E-state index contributed by atoms with van der Waals surface area (Å²) in [5.74, 6) is 0.305. The molecule has 0 N–H and O–H groups in total. The second-order valence-corrected chi connectivity index (χ2v) is 5.27. The van der Waals surface area contributed by atoms with Gasteiger partial charge in [-0.05, 0) is 24.4 Å². The van der Waals surface area contributed by atoms with Gasteiger partial charge in [0.15, 0.2) is 0 Å². The molecule has 0 amide bonds. The zero-order valence-corrected chi connectivity index (χ0v) is 11.1. The van der Waals surface area contributed by atoms with Gasteiger partial charge in [0.1, 0.15) is 5.60 Å². The van der Waals surface area contributed by atoms with Gasteiger partial charge in [-0.25, -0.2) is 9.97 Å². The summed E-state index contributed by atoms with van der Waals surface area (Å²) in [6.07, 6.45) is 1.74. The predicted molar refractivity (Wildman–Crippen MR) is 65.1 cm³/mol. The summed E-state index contributed by atoms with van der Waals surface area (Å²) >= 11 is 5.81. The summed E-state index contributed by atoms with van der Waals surface area (Å²) in [7, 11) is 0. The van der Waals surface area contributed by atoms with E-state index in [1.807, 2.05) is 6.92 Å². The molecule has 0 saturated carbocycles. The Morgan fingerprint density at radius 3 is 2.76 bits per heavy atom. The molecule has 1 aromatic rings. The SMILES string of the molecule is CC(C)c1nc(Cl)ncc1COC1(C)COC1. The molecule has 0 aromatic carbocycles. The van der Waals surface area contributed by atoms with Gasteiger partial charge in [-0.1, -0.05) is 13.8 Å². The highest BCUT2D eigenvalue weighted by Crippen LogP contribution is 2.25. The van der Waals surface area contributed by atoms with E-state index >= 15 is 0 Å². The van der Waals surface area contributed by atoms with Crippen LogP contribution in [-0.4, -0.2) is 28.8 Å². The first-order chi connectivity index (χ1) is 8.00. The Morgan fingerprint density at radius 1 is 1.53 bits per heavy atom. The molecule has 1 saturated heterocycles. The summed E-state index contributed by atoms with van der Waals surface area (Å²) in [6, 6.07) is 0. The number of aromatic nitrogens is 2. The molecule has 0 aliphatic carbocycles. The van der Waals surface area contributed by atoms with Gasteiger partial charge in [0, 0.05) is 11.8 Å². The van der Waals surface area contributed by atoms with E-state index < -0.39 is 0 Å². The Labute approximate surface area is 106 Å². The van der Waals surface area contributed by atoms with Crippen LogP contribution in [0.5, 0.6) is 0 Å². The fourth-order valence-corrected chi connectivity index (χ4v) is 1.87. The van der Waals surface area contributed by atoms with Crippen LogP contribution in [0.4, 0.5) is 0 Å². The van der Waals surface area contributed by atoms with E-state index in [0.29, 0.717) is 25.7 Å². The molecule has 5 heteroatoms. The van der Waals surface area contributed by atoms with E-state index in [1.54, 1.807) is 6.20 Å². The molecule has 0 bridgehead atoms. The Balaban J connectivity index is 2.09. The molecule has 4 nitrogen and oxygen atoms in total. The number of rotatable bonds is 4. The van der Waals surface area contributed by atoms with Crippen LogP contribution in [0.25, 0.3) is 0 Å². The van der Waals surface area contributed by atoms with Gasteiger partial charge >= 0.3 is 0 Å². The third-order valence-corrected chi connectivity index (χ3v) is 2.99. The molecule has 94 valence electrons. The van der Waals surface area contributed by atoms with E-state index in [0.717, 1.165) is 11.3 Å². The van der Waals surface area contributed by atoms with Gasteiger partial charge in [-0.3, -0.25) is 0 Å². The summed E-state index contributed by atoms with van der Waals surface area (Å²) < 4.78 is 11.0. The molecule has 17 heavy (non-hydrogen) atoms. The first kappa shape index (κ1) is 12.7. The van der Waals surface area contributed by atoms with E-state index in [-0.39, 0.29) is 10.9 Å². The van der Waals surface area contributed by atoms with Crippen molar-refractivity contribution >= 4 is 11.6 Å². The second kappa shape index (κ2) is 4.88. The maximum Gasteiger partial charge on any atom is 0.222 e. The smallest absolute Gasteiger partial charge is 0.222 e. The standard InChI is InChI=1S/C12H17ClN2O2/c1-8(2)10-9(4-14-11(13)15-10)5-17-12(3)6-16-7-12/h4,8H,5-7H2,1-3H3. The Morgan fingerprint density at radius 2 is 2.24 bits per heavy atom. The molecular formula is C12H17ClN2O2. The second-order valence-electron chi connectivity index (χ2n) is 4.94. The topological polar surface area (TPSA) is 44.2 Å². The van der Waals surface area contributed by atoms with E-state index in [2.05, 4.69) is 23.8 Å². The van der Waals surface area contributed by atoms with E-state index in [1.165, 1.54) is 0 Å². The highest BCUT2D eigenvalue weighted by atomic mass is 35.5. The fraction of sp³-hybridized carbons (Fsp3) is 0.667. The zero-order valence-electron chi connectivity index (χ0n) is 10.4. The maximum atomic E-state index is 5.83. The Hall–Kier alpha value is -0.710. The van der Waals surface area contributed by atoms with Crippen LogP contribution in [0.2, 0.25) is 5.28 Å². The van der Waals surface area contributed by atoms with Crippen molar-refractivity contribution in [2.24, 2.45) is 0 Å². The number of hydrogen-bond donors (Lipinski definition) is 0. The molecule has 1 aliphatic heterocycles. The molecule has 1 fully saturated rings. The van der Waals surface area contributed by atoms with Crippen LogP contribution in [0.15, 0.2) is 6.20 Å². The Kier molecular flexibility index (Phi) is 3.66. The van der Waals surface area contributed by atoms with Crippen molar-refractivity contribution in [2.75, 3.05) is 13.2 Å². The number of hydrogen-bond acceptors (Lipinski definition) is 4. The molecule has 0 spiro atoms. The zero-order chi connectivity index (χ0) is 12.5. The van der Waals surface area contributed by atoms with E-state index in [4.69, 9.17) is 21.1 Å². The van der Waals surface area contributed by atoms with Gasteiger partial charge in [0.05, 0.1) is 25.5 Å². The lowest BCUT2D eigenvalue weighted by Crippen LogP contribution is -2.49. The lowest BCUT2D eigenvalue weighted by atomic mass is 10.0. The largest absolute Gasteiger partial charge is 0.375 e. The maximum absolute atomic E-state index is 5.83. The molecule has 0 radical (unpaired) electrons. The normalized spacial score (nSPS) is 18.2. The van der Waals surface area contributed by atoms with Crippen LogP contribution in [0, 0.1) is 0 Å². The minimum atomic E-state index is -0.159.